The molecule has 0 spiro atoms. The fraction of sp³-hybridized carbons (Fsp3) is 0.429. The molecule has 0 radical (unpaired) electrons. The monoisotopic (exact) mass is 351 g/mol. The zero-order valence-electron chi connectivity index (χ0n) is 15.3. The van der Waals surface area contributed by atoms with E-state index in [4.69, 9.17) is 4.74 Å². The Labute approximate surface area is 154 Å². The van der Waals surface area contributed by atoms with Gasteiger partial charge in [-0.05, 0) is 62.9 Å². The summed E-state index contributed by atoms with van der Waals surface area (Å²) in [7, 11) is 0. The molecule has 1 N–H and O–H groups in total. The maximum Gasteiger partial charge on any atom is 0.322 e. The van der Waals surface area contributed by atoms with E-state index in [1.165, 1.54) is 0 Å². The first-order chi connectivity index (χ1) is 12.7. The summed E-state index contributed by atoms with van der Waals surface area (Å²) in [5.41, 5.74) is 3.92. The summed E-state index contributed by atoms with van der Waals surface area (Å²) in [6, 6.07) is 12.5. The minimum absolute atomic E-state index is 0.00276. The number of carbonyl (C=O) groups excluding carboxylic acids is 1. The third-order valence-electron chi connectivity index (χ3n) is 5.47. The van der Waals surface area contributed by atoms with Crippen molar-refractivity contribution in [2.75, 3.05) is 11.9 Å². The van der Waals surface area contributed by atoms with Gasteiger partial charge in [0, 0.05) is 36.1 Å². The van der Waals surface area contributed by atoms with Gasteiger partial charge in [-0.25, -0.2) is 4.79 Å². The second-order valence-corrected chi connectivity index (χ2v) is 7.17. The normalized spacial score (nSPS) is 24.1. The minimum Gasteiger partial charge on any atom is -0.378 e. The first-order valence-electron chi connectivity index (χ1n) is 9.38. The molecule has 2 unspecified atom stereocenters. The summed E-state index contributed by atoms with van der Waals surface area (Å²) in [6.07, 6.45) is 5.10. The number of rotatable bonds is 4. The standard InChI is InChI=1S/C21H25N3O2/c1-3-26-18-12-16-11-17(13-18)24(16)21(25)23-15-8-7-14(2)19(10-15)20-6-4-5-9-22-20/h4-10,16-18H,3,11-13H2,1-2H3,(H,23,25)/t16-,17?,18?/m0/s1. The number of urea groups is 1. The number of ether oxygens (including phenoxy) is 1. The van der Waals surface area contributed by atoms with Gasteiger partial charge in [-0.3, -0.25) is 4.98 Å². The van der Waals surface area contributed by atoms with E-state index < -0.39 is 0 Å². The Morgan fingerprint density at radius 3 is 2.73 bits per heavy atom. The molecule has 5 heteroatoms. The first-order valence-corrected chi connectivity index (χ1v) is 9.38. The van der Waals surface area contributed by atoms with Crippen LogP contribution in [0.3, 0.4) is 0 Å². The van der Waals surface area contributed by atoms with Crippen LogP contribution < -0.4 is 5.32 Å². The summed E-state index contributed by atoms with van der Waals surface area (Å²) in [4.78, 5) is 19.2. The molecular formula is C21H25N3O2. The van der Waals surface area contributed by atoms with Crippen molar-refractivity contribution in [2.24, 2.45) is 0 Å². The molecule has 3 fully saturated rings. The molecule has 2 bridgehead atoms. The maximum absolute atomic E-state index is 12.8. The second-order valence-electron chi connectivity index (χ2n) is 7.17. The molecule has 3 aliphatic rings. The molecule has 5 nitrogen and oxygen atoms in total. The van der Waals surface area contributed by atoms with Gasteiger partial charge in [0.15, 0.2) is 0 Å². The SMILES string of the molecule is CCOC1CC2C[C@@H](C1)N2C(=O)Nc1ccc(C)c(-c2ccccn2)c1. The van der Waals surface area contributed by atoms with Gasteiger partial charge in [-0.15, -0.1) is 0 Å². The van der Waals surface area contributed by atoms with Crippen LogP contribution in [-0.4, -0.2) is 40.7 Å². The van der Waals surface area contributed by atoms with Crippen molar-refractivity contribution in [1.82, 2.24) is 9.88 Å². The Kier molecular flexibility index (Phi) is 4.64. The van der Waals surface area contributed by atoms with Crippen molar-refractivity contribution in [3.8, 4) is 11.3 Å². The predicted molar refractivity (Wildman–Crippen MR) is 102 cm³/mol. The number of nitrogens with one attached hydrogen (secondary N) is 1. The zero-order valence-corrected chi connectivity index (χ0v) is 15.3. The van der Waals surface area contributed by atoms with Gasteiger partial charge >= 0.3 is 6.03 Å². The Balaban J connectivity index is 1.46. The van der Waals surface area contributed by atoms with Gasteiger partial charge in [0.1, 0.15) is 0 Å². The Morgan fingerprint density at radius 2 is 2.04 bits per heavy atom. The van der Waals surface area contributed by atoms with Crippen molar-refractivity contribution in [3.63, 3.8) is 0 Å². The topological polar surface area (TPSA) is 54.5 Å². The largest absolute Gasteiger partial charge is 0.378 e. The number of anilines is 1. The highest BCUT2D eigenvalue weighted by molar-refractivity contribution is 5.91. The summed E-state index contributed by atoms with van der Waals surface area (Å²) < 4.78 is 5.74. The van der Waals surface area contributed by atoms with Gasteiger partial charge in [-0.1, -0.05) is 12.1 Å². The molecule has 136 valence electrons. The van der Waals surface area contributed by atoms with Crippen molar-refractivity contribution in [1.29, 1.82) is 0 Å². The lowest BCUT2D eigenvalue weighted by Gasteiger charge is -2.54. The van der Waals surface area contributed by atoms with E-state index in [1.54, 1.807) is 6.20 Å². The van der Waals surface area contributed by atoms with Gasteiger partial charge in [0.25, 0.3) is 0 Å². The summed E-state index contributed by atoms with van der Waals surface area (Å²) >= 11 is 0. The minimum atomic E-state index is -0.00276. The molecule has 1 aromatic carbocycles. The molecule has 3 heterocycles. The van der Waals surface area contributed by atoms with Crippen molar-refractivity contribution < 1.29 is 9.53 Å². The molecule has 5 rings (SSSR count). The number of amides is 2. The number of nitrogens with zero attached hydrogens (tertiary/aromatic N) is 2. The van der Waals surface area contributed by atoms with Crippen LogP contribution in [0.4, 0.5) is 10.5 Å². The molecule has 2 aliphatic heterocycles. The van der Waals surface area contributed by atoms with Crippen LogP contribution in [-0.2, 0) is 4.74 Å². The molecule has 26 heavy (non-hydrogen) atoms. The lowest BCUT2D eigenvalue weighted by molar-refractivity contribution is -0.0753. The number of hydrogen-bond donors (Lipinski definition) is 1. The highest BCUT2D eigenvalue weighted by Crippen LogP contribution is 2.40. The summed E-state index contributed by atoms with van der Waals surface area (Å²) in [5, 5.41) is 3.08. The van der Waals surface area contributed by atoms with Crippen molar-refractivity contribution >= 4 is 11.7 Å². The third-order valence-corrected chi connectivity index (χ3v) is 5.47. The zero-order chi connectivity index (χ0) is 18.1. The molecular weight excluding hydrogens is 326 g/mol. The van der Waals surface area contributed by atoms with Crippen LogP contribution in [0.25, 0.3) is 11.3 Å². The van der Waals surface area contributed by atoms with E-state index in [0.717, 1.165) is 48.4 Å². The van der Waals surface area contributed by atoms with E-state index >= 15 is 0 Å². The summed E-state index contributed by atoms with van der Waals surface area (Å²) in [6.45, 7) is 4.83. The smallest absolute Gasteiger partial charge is 0.322 e. The Morgan fingerprint density at radius 1 is 1.23 bits per heavy atom. The lowest BCUT2D eigenvalue weighted by Crippen LogP contribution is -2.65. The predicted octanol–water partition coefficient (Wildman–Crippen LogP) is 4.23. The van der Waals surface area contributed by atoms with Gasteiger partial charge in [-0.2, -0.15) is 0 Å². The first kappa shape index (κ1) is 17.0. The number of fused-ring (bicyclic) bond motifs is 2. The van der Waals surface area contributed by atoms with Crippen molar-refractivity contribution in [2.45, 2.75) is 51.3 Å². The maximum atomic E-state index is 12.8. The third kappa shape index (κ3) is 3.19. The highest BCUT2D eigenvalue weighted by atomic mass is 16.5. The van der Waals surface area contributed by atoms with E-state index in [0.29, 0.717) is 18.2 Å². The lowest BCUT2D eigenvalue weighted by atomic mass is 9.78. The number of aromatic nitrogens is 1. The number of hydrogen-bond acceptors (Lipinski definition) is 3. The highest BCUT2D eigenvalue weighted by Gasteiger charge is 2.48. The van der Waals surface area contributed by atoms with Gasteiger partial charge < -0.3 is 15.0 Å². The fourth-order valence-electron chi connectivity index (χ4n) is 4.21. The molecule has 1 aromatic heterocycles. The van der Waals surface area contributed by atoms with E-state index in [1.807, 2.05) is 48.2 Å². The number of carbonyl (C=O) groups is 1. The Hall–Kier alpha value is -2.40. The number of benzene rings is 1. The molecule has 1 saturated carbocycles. The van der Waals surface area contributed by atoms with Gasteiger partial charge in [0.05, 0.1) is 11.8 Å². The van der Waals surface area contributed by atoms with Crippen LogP contribution in [0.5, 0.6) is 0 Å². The number of aryl methyl sites for hydroxylation is 1. The molecule has 3 atom stereocenters. The molecule has 2 amide bonds. The van der Waals surface area contributed by atoms with Crippen LogP contribution in [0, 0.1) is 6.92 Å². The van der Waals surface area contributed by atoms with Crippen LogP contribution >= 0.6 is 0 Å². The van der Waals surface area contributed by atoms with Gasteiger partial charge in [0.2, 0.25) is 0 Å². The fourth-order valence-corrected chi connectivity index (χ4v) is 4.21. The van der Waals surface area contributed by atoms with E-state index in [-0.39, 0.29) is 6.03 Å². The Bertz CT molecular complexity index is 781. The van der Waals surface area contributed by atoms with E-state index in [2.05, 4.69) is 17.2 Å². The number of pyridine rings is 1. The average molecular weight is 351 g/mol. The van der Waals surface area contributed by atoms with Crippen LogP contribution in [0.15, 0.2) is 42.6 Å². The number of piperidine rings is 1. The second kappa shape index (κ2) is 7.08. The molecule has 2 aromatic rings. The van der Waals surface area contributed by atoms with Crippen LogP contribution in [0.1, 0.15) is 31.7 Å². The van der Waals surface area contributed by atoms with E-state index in [9.17, 15) is 4.79 Å². The van der Waals surface area contributed by atoms with Crippen molar-refractivity contribution in [3.05, 3.63) is 48.2 Å². The summed E-state index contributed by atoms with van der Waals surface area (Å²) in [5.74, 6) is 0. The average Bonchev–Trinajstić information content (AvgIpc) is 2.64. The molecule has 2 saturated heterocycles. The molecule has 1 aliphatic carbocycles. The van der Waals surface area contributed by atoms with Crippen LogP contribution in [0.2, 0.25) is 0 Å². The quantitative estimate of drug-likeness (QED) is 0.897.